The number of unbranched alkanes of at least 4 members (excludes halogenated alkanes) is 2. The van der Waals surface area contributed by atoms with E-state index in [4.69, 9.17) is 4.74 Å². The third-order valence-electron chi connectivity index (χ3n) is 7.10. The first-order valence-electron chi connectivity index (χ1n) is 13.5. The number of carbonyl (C=O) groups excluding carboxylic acids is 1. The van der Waals surface area contributed by atoms with Gasteiger partial charge in [-0.05, 0) is 74.7 Å². The second kappa shape index (κ2) is 11.3. The lowest BCUT2D eigenvalue weighted by Crippen LogP contribution is -2.13. The summed E-state index contributed by atoms with van der Waals surface area (Å²) >= 11 is 0. The smallest absolute Gasteiger partial charge is 0.306 e. The highest BCUT2D eigenvalue weighted by Crippen LogP contribution is 2.39. The molecule has 188 valence electrons. The Morgan fingerprint density at radius 3 is 1.56 bits per heavy atom. The quantitative estimate of drug-likeness (QED) is 0.100. The van der Waals surface area contributed by atoms with Crippen molar-refractivity contribution in [1.29, 1.82) is 0 Å². The molecule has 2 nitrogen and oxygen atoms in total. The molecule has 0 N–H and O–H groups in total. The Hall–Kier alpha value is -3.13. The maximum absolute atomic E-state index is 11.4. The summed E-state index contributed by atoms with van der Waals surface area (Å²) in [6, 6.07) is 26.4. The van der Waals surface area contributed by atoms with Gasteiger partial charge in [-0.15, -0.1) is 0 Å². The van der Waals surface area contributed by atoms with Gasteiger partial charge in [0.05, 0.1) is 6.10 Å². The number of ether oxygens (including phenoxy) is 1. The van der Waals surface area contributed by atoms with Crippen molar-refractivity contribution >= 4 is 49.1 Å². The molecule has 0 spiro atoms. The zero-order chi connectivity index (χ0) is 25.7. The summed E-state index contributed by atoms with van der Waals surface area (Å²) in [4.78, 5) is 11.4. The van der Waals surface area contributed by atoms with E-state index in [1.54, 1.807) is 0 Å². The van der Waals surface area contributed by atoms with Crippen LogP contribution in [0.2, 0.25) is 0 Å². The molecule has 5 aromatic carbocycles. The lowest BCUT2D eigenvalue weighted by atomic mass is 9.89. The van der Waals surface area contributed by atoms with E-state index in [-0.39, 0.29) is 12.1 Å². The number of esters is 1. The van der Waals surface area contributed by atoms with Crippen LogP contribution < -0.4 is 0 Å². The predicted octanol–water partition coefficient (Wildman–Crippen LogP) is 10.1. The number of rotatable bonds is 7. The predicted molar refractivity (Wildman–Crippen MR) is 156 cm³/mol. The van der Waals surface area contributed by atoms with E-state index in [1.165, 1.54) is 55.9 Å². The summed E-state index contributed by atoms with van der Waals surface area (Å²) in [6.45, 7) is 10.7. The van der Waals surface area contributed by atoms with Gasteiger partial charge >= 0.3 is 5.97 Å². The number of hydrogen-bond donors (Lipinski definition) is 0. The van der Waals surface area contributed by atoms with Gasteiger partial charge in [-0.25, -0.2) is 0 Å². The molecular weight excluding hydrogens is 440 g/mol. The highest BCUT2D eigenvalue weighted by molar-refractivity contribution is 6.32. The Kier molecular flexibility index (Phi) is 8.14. The number of carbonyl (C=O) groups is 1. The Balaban J connectivity index is 0.000000175. The Labute approximate surface area is 216 Å². The van der Waals surface area contributed by atoms with Gasteiger partial charge in [-0.3, -0.25) is 4.79 Å². The molecule has 5 rings (SSSR count). The van der Waals surface area contributed by atoms with Crippen molar-refractivity contribution in [1.82, 2.24) is 0 Å². The fourth-order valence-corrected chi connectivity index (χ4v) is 5.05. The molecule has 5 aromatic rings. The van der Waals surface area contributed by atoms with Crippen molar-refractivity contribution in [2.75, 3.05) is 0 Å². The molecule has 0 aliphatic heterocycles. The van der Waals surface area contributed by atoms with Crippen LogP contribution in [0.15, 0.2) is 72.8 Å². The molecule has 0 fully saturated rings. The summed E-state index contributed by atoms with van der Waals surface area (Å²) in [7, 11) is 0. The molecule has 36 heavy (non-hydrogen) atoms. The normalized spacial score (nSPS) is 12.7. The van der Waals surface area contributed by atoms with Crippen molar-refractivity contribution in [2.24, 2.45) is 5.41 Å². The standard InChI is InChI=1S/C20H12.C14H28O2/c1-5-13-6-2-11-17-18-12-4-8-14-7-3-10-16(20(14)18)15(9-1)19(13)17;1-6-12(2)16-13(15)10-8-7-9-11-14(3,4)5/h1-12H;12H,6-11H2,1-5H3. The van der Waals surface area contributed by atoms with Crippen LogP contribution in [-0.2, 0) is 9.53 Å². The van der Waals surface area contributed by atoms with E-state index < -0.39 is 0 Å². The molecule has 2 heteroatoms. The summed E-state index contributed by atoms with van der Waals surface area (Å²) in [5.41, 5.74) is 0.414. The molecule has 0 saturated carbocycles. The zero-order valence-electron chi connectivity index (χ0n) is 22.6. The second-order valence-corrected chi connectivity index (χ2v) is 11.2. The van der Waals surface area contributed by atoms with Gasteiger partial charge in [0, 0.05) is 6.42 Å². The molecule has 0 aliphatic rings. The minimum atomic E-state index is -0.0369. The first-order valence-corrected chi connectivity index (χ1v) is 13.5. The van der Waals surface area contributed by atoms with Crippen LogP contribution in [0.1, 0.15) is 73.1 Å². The van der Waals surface area contributed by atoms with E-state index in [2.05, 4.69) is 93.6 Å². The molecule has 0 heterocycles. The second-order valence-electron chi connectivity index (χ2n) is 11.2. The highest BCUT2D eigenvalue weighted by atomic mass is 16.5. The average molecular weight is 481 g/mol. The van der Waals surface area contributed by atoms with Crippen molar-refractivity contribution in [3.63, 3.8) is 0 Å². The number of hydrogen-bond acceptors (Lipinski definition) is 2. The Morgan fingerprint density at radius 2 is 1.17 bits per heavy atom. The van der Waals surface area contributed by atoms with Gasteiger partial charge in [-0.2, -0.15) is 0 Å². The average Bonchev–Trinajstić information content (AvgIpc) is 2.86. The SMILES string of the molecule is CCC(C)OC(=O)CCCCCC(C)(C)C.c1cc2cccc3c4cccc5cccc(c(c1)c23)c54. The maximum atomic E-state index is 11.4. The van der Waals surface area contributed by atoms with Gasteiger partial charge in [0.15, 0.2) is 0 Å². The molecule has 1 unspecified atom stereocenters. The summed E-state index contributed by atoms with van der Waals surface area (Å²) < 4.78 is 5.21. The molecular formula is C34H40O2. The van der Waals surface area contributed by atoms with Crippen LogP contribution in [0, 0.1) is 5.41 Å². The zero-order valence-corrected chi connectivity index (χ0v) is 22.6. The topological polar surface area (TPSA) is 26.3 Å². The van der Waals surface area contributed by atoms with Gasteiger partial charge in [0.1, 0.15) is 0 Å². The first kappa shape index (κ1) is 25.9. The summed E-state index contributed by atoms with van der Waals surface area (Å²) in [6.07, 6.45) is 6.08. The van der Waals surface area contributed by atoms with Crippen molar-refractivity contribution in [2.45, 2.75) is 79.2 Å². The Morgan fingerprint density at radius 1 is 0.722 bits per heavy atom. The van der Waals surface area contributed by atoms with Crippen LogP contribution in [0.5, 0.6) is 0 Å². The highest BCUT2D eigenvalue weighted by Gasteiger charge is 2.12. The molecule has 0 saturated heterocycles. The van der Waals surface area contributed by atoms with Crippen LogP contribution in [-0.4, -0.2) is 12.1 Å². The van der Waals surface area contributed by atoms with Gasteiger partial charge in [0.25, 0.3) is 0 Å². The van der Waals surface area contributed by atoms with E-state index in [0.29, 0.717) is 11.8 Å². The molecule has 1 atom stereocenters. The number of benzene rings is 5. The van der Waals surface area contributed by atoms with Crippen molar-refractivity contribution in [3.05, 3.63) is 72.8 Å². The van der Waals surface area contributed by atoms with Crippen LogP contribution in [0.25, 0.3) is 43.1 Å². The molecule has 0 radical (unpaired) electrons. The minimum Gasteiger partial charge on any atom is -0.463 e. The van der Waals surface area contributed by atoms with Crippen LogP contribution in [0.4, 0.5) is 0 Å². The lowest BCUT2D eigenvalue weighted by molar-refractivity contribution is -0.148. The molecule has 0 aliphatic carbocycles. The Bertz CT molecular complexity index is 1270. The first-order chi connectivity index (χ1) is 17.3. The number of fused-ring (bicyclic) bond motifs is 2. The van der Waals surface area contributed by atoms with E-state index in [9.17, 15) is 4.79 Å². The van der Waals surface area contributed by atoms with Crippen LogP contribution in [0.3, 0.4) is 0 Å². The van der Waals surface area contributed by atoms with E-state index in [1.807, 2.05) is 13.8 Å². The van der Waals surface area contributed by atoms with E-state index in [0.717, 1.165) is 19.3 Å². The van der Waals surface area contributed by atoms with Gasteiger partial charge in [0.2, 0.25) is 0 Å². The fourth-order valence-electron chi connectivity index (χ4n) is 5.05. The van der Waals surface area contributed by atoms with Crippen LogP contribution >= 0.6 is 0 Å². The third-order valence-corrected chi connectivity index (χ3v) is 7.10. The van der Waals surface area contributed by atoms with Gasteiger partial charge < -0.3 is 4.74 Å². The summed E-state index contributed by atoms with van der Waals surface area (Å²) in [5, 5.41) is 10.9. The third kappa shape index (κ3) is 5.98. The van der Waals surface area contributed by atoms with Crippen molar-refractivity contribution in [3.8, 4) is 0 Å². The monoisotopic (exact) mass is 480 g/mol. The lowest BCUT2D eigenvalue weighted by Gasteiger charge is -2.17. The minimum absolute atomic E-state index is 0.0369. The maximum Gasteiger partial charge on any atom is 0.306 e. The fraction of sp³-hybridized carbons (Fsp3) is 0.382. The van der Waals surface area contributed by atoms with Gasteiger partial charge in [-0.1, -0.05) is 113 Å². The van der Waals surface area contributed by atoms with E-state index >= 15 is 0 Å². The largest absolute Gasteiger partial charge is 0.463 e. The molecule has 0 aromatic heterocycles. The van der Waals surface area contributed by atoms with Crippen molar-refractivity contribution < 1.29 is 9.53 Å². The molecule has 0 amide bonds. The molecule has 0 bridgehead atoms. The summed E-state index contributed by atoms with van der Waals surface area (Å²) in [5.74, 6) is -0.0369.